The van der Waals surface area contributed by atoms with E-state index >= 15 is 0 Å². The normalized spacial score (nSPS) is 13.4. The molecule has 0 bridgehead atoms. The van der Waals surface area contributed by atoms with E-state index in [1.165, 1.54) is 20.1 Å². The molecule has 0 saturated heterocycles. The number of nitrogens with zero attached hydrogens (tertiary/aromatic N) is 1. The number of aromatic nitrogens is 1. The van der Waals surface area contributed by atoms with E-state index < -0.39 is 24.3 Å². The molecule has 1 saturated carbocycles. The summed E-state index contributed by atoms with van der Waals surface area (Å²) in [6.07, 6.45) is 1.72. The molecule has 1 aromatic heterocycles. The number of carbonyl (C=O) groups excluding carboxylic acids is 3. The Morgan fingerprint density at radius 2 is 2.05 bits per heavy atom. The number of ether oxygens (including phenoxy) is 3. The predicted molar refractivity (Wildman–Crippen MR) is 77.9 cm³/mol. The van der Waals surface area contributed by atoms with Crippen molar-refractivity contribution < 1.29 is 28.6 Å². The van der Waals surface area contributed by atoms with Crippen LogP contribution in [0.2, 0.25) is 0 Å². The van der Waals surface area contributed by atoms with Crippen LogP contribution < -0.4 is 4.74 Å². The van der Waals surface area contributed by atoms with Gasteiger partial charge in [-0.2, -0.15) is 0 Å². The molecule has 0 spiro atoms. The molecule has 7 nitrogen and oxygen atoms in total. The molecular weight excluding hydrogens is 358 g/mol. The maximum atomic E-state index is 12.2. The molecule has 1 heterocycles. The van der Waals surface area contributed by atoms with Crippen molar-refractivity contribution in [3.8, 4) is 5.88 Å². The third-order valence-corrected chi connectivity index (χ3v) is 3.26. The number of methoxy groups -OCH3 is 1. The summed E-state index contributed by atoms with van der Waals surface area (Å²) in [5.41, 5.74) is -0.0274. The molecule has 1 aromatic rings. The number of esters is 2. The molecule has 2 rings (SSSR count). The second-order valence-electron chi connectivity index (χ2n) is 4.68. The van der Waals surface area contributed by atoms with E-state index in [1.54, 1.807) is 0 Å². The van der Waals surface area contributed by atoms with Crippen molar-refractivity contribution in [3.63, 3.8) is 0 Å². The third kappa shape index (κ3) is 4.03. The maximum Gasteiger partial charge on any atom is 0.344 e. The molecular formula is C14H14BrNO6. The zero-order valence-electron chi connectivity index (χ0n) is 12.1. The monoisotopic (exact) mass is 371 g/mol. The highest BCUT2D eigenvalue weighted by molar-refractivity contribution is 9.10. The number of halogens is 1. The minimum Gasteiger partial charge on any atom is -0.474 e. The number of pyridine rings is 1. The Morgan fingerprint density at radius 1 is 1.36 bits per heavy atom. The summed E-state index contributed by atoms with van der Waals surface area (Å²) in [7, 11) is 1.20. The summed E-state index contributed by atoms with van der Waals surface area (Å²) >= 11 is 3.17. The van der Waals surface area contributed by atoms with Gasteiger partial charge in [0, 0.05) is 12.5 Å². The van der Waals surface area contributed by atoms with Crippen molar-refractivity contribution in [1.29, 1.82) is 0 Å². The smallest absolute Gasteiger partial charge is 0.344 e. The predicted octanol–water partition coefficient (Wildman–Crippen LogP) is 1.92. The van der Waals surface area contributed by atoms with E-state index in [9.17, 15) is 14.4 Å². The average molecular weight is 372 g/mol. The van der Waals surface area contributed by atoms with Gasteiger partial charge in [-0.3, -0.25) is 9.59 Å². The van der Waals surface area contributed by atoms with E-state index in [2.05, 4.69) is 25.7 Å². The maximum absolute atomic E-state index is 12.2. The fourth-order valence-corrected chi connectivity index (χ4v) is 2.07. The van der Waals surface area contributed by atoms with Crippen LogP contribution in [0.5, 0.6) is 5.88 Å². The van der Waals surface area contributed by atoms with Crippen molar-refractivity contribution in [2.24, 2.45) is 0 Å². The number of ketones is 1. The quantitative estimate of drug-likeness (QED) is 0.428. The number of Topliss-reactive ketones (excluding diaryl/α,β-unsaturated/α-hetero) is 1. The van der Waals surface area contributed by atoms with Crippen LogP contribution in [0.4, 0.5) is 0 Å². The van der Waals surface area contributed by atoms with Crippen LogP contribution >= 0.6 is 15.9 Å². The Hall–Kier alpha value is -1.96. The van der Waals surface area contributed by atoms with Crippen LogP contribution in [0.1, 0.15) is 40.5 Å². The van der Waals surface area contributed by atoms with Crippen molar-refractivity contribution in [2.45, 2.75) is 25.9 Å². The first-order valence-corrected chi connectivity index (χ1v) is 7.33. The van der Waals surface area contributed by atoms with Gasteiger partial charge < -0.3 is 14.2 Å². The number of carbonyl (C=O) groups is 3. The standard InChI is InChI=1S/C14H14BrNO6/c1-7(17)21-6-10(18)9-5-11(15)16-13(22-8-3-4-8)12(9)14(19)20-2/h5,8H,3-4,6H2,1-2H3. The van der Waals surface area contributed by atoms with Gasteiger partial charge >= 0.3 is 11.9 Å². The van der Waals surface area contributed by atoms with Crippen molar-refractivity contribution in [2.75, 3.05) is 13.7 Å². The topological polar surface area (TPSA) is 91.8 Å². The van der Waals surface area contributed by atoms with Crippen LogP contribution in [0.25, 0.3) is 0 Å². The Kier molecular flexibility index (Phi) is 5.12. The lowest BCUT2D eigenvalue weighted by atomic mass is 10.1. The fraction of sp³-hybridized carbons (Fsp3) is 0.429. The first kappa shape index (κ1) is 16.4. The molecule has 0 amide bonds. The van der Waals surface area contributed by atoms with Crippen molar-refractivity contribution in [1.82, 2.24) is 4.98 Å². The van der Waals surface area contributed by atoms with Crippen molar-refractivity contribution >= 4 is 33.7 Å². The van der Waals surface area contributed by atoms with Gasteiger partial charge in [-0.05, 0) is 34.8 Å². The highest BCUT2D eigenvalue weighted by Gasteiger charge is 2.30. The summed E-state index contributed by atoms with van der Waals surface area (Å²) in [5, 5.41) is 0. The molecule has 8 heteroatoms. The van der Waals surface area contributed by atoms with E-state index in [0.717, 1.165) is 12.8 Å². The Morgan fingerprint density at radius 3 is 2.59 bits per heavy atom. The first-order valence-electron chi connectivity index (χ1n) is 6.54. The van der Waals surface area contributed by atoms with Gasteiger partial charge in [-0.1, -0.05) is 0 Å². The summed E-state index contributed by atoms with van der Waals surface area (Å²) in [4.78, 5) is 39.1. The minimum atomic E-state index is -0.734. The second kappa shape index (κ2) is 6.87. The zero-order valence-corrected chi connectivity index (χ0v) is 13.6. The van der Waals surface area contributed by atoms with Crippen LogP contribution in [0.15, 0.2) is 10.7 Å². The van der Waals surface area contributed by atoms with Gasteiger partial charge in [0.2, 0.25) is 11.7 Å². The minimum absolute atomic E-state index is 0.0124. The lowest BCUT2D eigenvalue weighted by Gasteiger charge is -2.13. The van der Waals surface area contributed by atoms with Gasteiger partial charge in [0.25, 0.3) is 0 Å². The first-order chi connectivity index (χ1) is 10.4. The van der Waals surface area contributed by atoms with Gasteiger partial charge in [0.15, 0.2) is 6.61 Å². The molecule has 1 fully saturated rings. The van der Waals surface area contributed by atoms with Crippen molar-refractivity contribution in [3.05, 3.63) is 21.8 Å². The van der Waals surface area contributed by atoms with Crippen LogP contribution in [0, 0.1) is 0 Å². The van der Waals surface area contributed by atoms with E-state index in [-0.39, 0.29) is 23.1 Å². The SMILES string of the molecule is COC(=O)c1c(C(=O)COC(C)=O)cc(Br)nc1OC1CC1. The van der Waals surface area contributed by atoms with Crippen LogP contribution in [-0.4, -0.2) is 42.5 Å². The molecule has 0 N–H and O–H groups in total. The van der Waals surface area contributed by atoms with E-state index in [1.807, 2.05) is 0 Å². The molecule has 0 aliphatic heterocycles. The summed E-state index contributed by atoms with van der Waals surface area (Å²) in [6.45, 7) is 0.719. The lowest BCUT2D eigenvalue weighted by molar-refractivity contribution is -0.139. The molecule has 0 unspecified atom stereocenters. The average Bonchev–Trinajstić information content (AvgIpc) is 3.27. The van der Waals surface area contributed by atoms with Crippen LogP contribution in [0.3, 0.4) is 0 Å². The highest BCUT2D eigenvalue weighted by Crippen LogP contribution is 2.31. The molecule has 1 aliphatic rings. The summed E-state index contributed by atoms with van der Waals surface area (Å²) in [6, 6.07) is 1.37. The van der Waals surface area contributed by atoms with E-state index in [0.29, 0.717) is 4.60 Å². The Bertz CT molecular complexity index is 626. The Labute approximate surface area is 135 Å². The van der Waals surface area contributed by atoms with E-state index in [4.69, 9.17) is 9.47 Å². The lowest BCUT2D eigenvalue weighted by Crippen LogP contribution is -2.19. The highest BCUT2D eigenvalue weighted by atomic mass is 79.9. The molecule has 118 valence electrons. The summed E-state index contributed by atoms with van der Waals surface area (Å²) < 4.78 is 15.3. The largest absolute Gasteiger partial charge is 0.474 e. The number of hydrogen-bond donors (Lipinski definition) is 0. The zero-order chi connectivity index (χ0) is 16.3. The van der Waals surface area contributed by atoms with Gasteiger partial charge in [-0.15, -0.1) is 0 Å². The molecule has 0 atom stereocenters. The molecule has 22 heavy (non-hydrogen) atoms. The van der Waals surface area contributed by atoms with Crippen LogP contribution in [-0.2, 0) is 14.3 Å². The molecule has 1 aliphatic carbocycles. The van der Waals surface area contributed by atoms with Gasteiger partial charge in [0.05, 0.1) is 7.11 Å². The molecule has 0 radical (unpaired) electrons. The molecule has 0 aromatic carbocycles. The number of rotatable bonds is 6. The summed E-state index contributed by atoms with van der Waals surface area (Å²) in [5.74, 6) is -1.83. The van der Waals surface area contributed by atoms with Gasteiger partial charge in [0.1, 0.15) is 16.3 Å². The second-order valence-corrected chi connectivity index (χ2v) is 5.50. The fourth-order valence-electron chi connectivity index (χ4n) is 1.68. The van der Waals surface area contributed by atoms with Gasteiger partial charge in [-0.25, -0.2) is 9.78 Å². The third-order valence-electron chi connectivity index (χ3n) is 2.85. The number of hydrogen-bond acceptors (Lipinski definition) is 7. The Balaban J connectivity index is 2.40.